The standard InChI is InChI=1S/C14H10FN3O2/c1-9-17-13-5-4-10(15)7-12(13)14(19)18(9)16-8-11-3-2-6-20-11/h2-8H,1H3. The van der Waals surface area contributed by atoms with Crippen LogP contribution in [-0.4, -0.2) is 15.9 Å². The fraction of sp³-hybridized carbons (Fsp3) is 0.0714. The summed E-state index contributed by atoms with van der Waals surface area (Å²) in [6.45, 7) is 1.66. The van der Waals surface area contributed by atoms with E-state index in [2.05, 4.69) is 10.1 Å². The van der Waals surface area contributed by atoms with E-state index in [9.17, 15) is 9.18 Å². The van der Waals surface area contributed by atoms with E-state index < -0.39 is 11.4 Å². The Kier molecular flexibility index (Phi) is 2.90. The molecule has 0 bridgehead atoms. The molecule has 0 atom stereocenters. The molecule has 100 valence electrons. The van der Waals surface area contributed by atoms with Crippen LogP contribution in [0.15, 0.2) is 50.9 Å². The maximum atomic E-state index is 13.2. The molecule has 0 saturated heterocycles. The highest BCUT2D eigenvalue weighted by atomic mass is 19.1. The molecule has 0 aliphatic rings. The van der Waals surface area contributed by atoms with Gasteiger partial charge in [0, 0.05) is 0 Å². The lowest BCUT2D eigenvalue weighted by Crippen LogP contribution is -2.20. The first-order chi connectivity index (χ1) is 9.65. The molecule has 0 amide bonds. The van der Waals surface area contributed by atoms with Crippen LogP contribution in [0.3, 0.4) is 0 Å². The normalized spacial score (nSPS) is 11.5. The Bertz CT molecular complexity index is 851. The first-order valence-corrected chi connectivity index (χ1v) is 5.92. The summed E-state index contributed by atoms with van der Waals surface area (Å²) in [5, 5.41) is 4.22. The van der Waals surface area contributed by atoms with Gasteiger partial charge in [-0.05, 0) is 37.3 Å². The van der Waals surface area contributed by atoms with E-state index in [-0.39, 0.29) is 5.39 Å². The average Bonchev–Trinajstić information content (AvgIpc) is 2.93. The maximum absolute atomic E-state index is 13.2. The number of fused-ring (bicyclic) bond motifs is 1. The van der Waals surface area contributed by atoms with E-state index in [0.717, 1.165) is 10.7 Å². The first-order valence-electron chi connectivity index (χ1n) is 5.92. The number of rotatable bonds is 2. The van der Waals surface area contributed by atoms with Crippen LogP contribution in [-0.2, 0) is 0 Å². The lowest BCUT2D eigenvalue weighted by Gasteiger charge is -2.04. The quantitative estimate of drug-likeness (QED) is 0.672. The zero-order chi connectivity index (χ0) is 14.1. The fourth-order valence-corrected chi connectivity index (χ4v) is 1.88. The highest BCUT2D eigenvalue weighted by Gasteiger charge is 2.08. The lowest BCUT2D eigenvalue weighted by atomic mass is 10.2. The van der Waals surface area contributed by atoms with Crippen LogP contribution in [0.5, 0.6) is 0 Å². The second-order valence-electron chi connectivity index (χ2n) is 4.20. The summed E-state index contributed by atoms with van der Waals surface area (Å²) in [5.74, 6) is 0.439. The van der Waals surface area contributed by atoms with Crippen molar-refractivity contribution in [3.05, 3.63) is 64.4 Å². The molecule has 2 heterocycles. The van der Waals surface area contributed by atoms with Gasteiger partial charge in [0.25, 0.3) is 5.56 Å². The summed E-state index contributed by atoms with van der Waals surface area (Å²) in [6.07, 6.45) is 2.91. The molecule has 0 spiro atoms. The van der Waals surface area contributed by atoms with Gasteiger partial charge in [-0.25, -0.2) is 9.37 Å². The third kappa shape index (κ3) is 2.11. The minimum Gasteiger partial charge on any atom is -0.463 e. The number of aryl methyl sites for hydroxylation is 1. The molecule has 2 aromatic heterocycles. The fourth-order valence-electron chi connectivity index (χ4n) is 1.88. The van der Waals surface area contributed by atoms with Gasteiger partial charge in [0.15, 0.2) is 0 Å². The van der Waals surface area contributed by atoms with E-state index in [1.54, 1.807) is 19.1 Å². The van der Waals surface area contributed by atoms with Crippen molar-refractivity contribution >= 4 is 17.1 Å². The molecule has 1 aromatic carbocycles. The first kappa shape index (κ1) is 12.3. The molecule has 0 N–H and O–H groups in total. The van der Waals surface area contributed by atoms with Crippen molar-refractivity contribution in [1.82, 2.24) is 9.66 Å². The van der Waals surface area contributed by atoms with Crippen molar-refractivity contribution < 1.29 is 8.81 Å². The molecule has 6 heteroatoms. The summed E-state index contributed by atoms with van der Waals surface area (Å²) < 4.78 is 19.4. The molecular formula is C14H10FN3O2. The number of furan rings is 1. The maximum Gasteiger partial charge on any atom is 0.282 e. The highest BCUT2D eigenvalue weighted by Crippen LogP contribution is 2.10. The molecule has 0 aliphatic carbocycles. The Balaban J connectivity index is 2.18. The van der Waals surface area contributed by atoms with Gasteiger partial charge >= 0.3 is 0 Å². The Hall–Kier alpha value is -2.76. The lowest BCUT2D eigenvalue weighted by molar-refractivity contribution is 0.559. The number of halogens is 1. The van der Waals surface area contributed by atoms with Gasteiger partial charge in [-0.2, -0.15) is 9.78 Å². The molecule has 0 radical (unpaired) electrons. The smallest absolute Gasteiger partial charge is 0.282 e. The van der Waals surface area contributed by atoms with Crippen molar-refractivity contribution in [2.45, 2.75) is 6.92 Å². The van der Waals surface area contributed by atoms with Crippen molar-refractivity contribution in [2.24, 2.45) is 5.10 Å². The van der Waals surface area contributed by atoms with Crippen LogP contribution in [0.4, 0.5) is 4.39 Å². The second-order valence-corrected chi connectivity index (χ2v) is 4.20. The zero-order valence-electron chi connectivity index (χ0n) is 10.6. The number of hydrogen-bond acceptors (Lipinski definition) is 4. The van der Waals surface area contributed by atoms with E-state index in [4.69, 9.17) is 4.42 Å². The van der Waals surface area contributed by atoms with Gasteiger partial charge in [0.05, 0.1) is 23.4 Å². The Labute approximate surface area is 113 Å². The summed E-state index contributed by atoms with van der Waals surface area (Å²) in [4.78, 5) is 16.5. The Morgan fingerprint density at radius 1 is 1.40 bits per heavy atom. The van der Waals surface area contributed by atoms with Gasteiger partial charge in [0.1, 0.15) is 17.4 Å². The minimum atomic E-state index is -0.484. The van der Waals surface area contributed by atoms with E-state index in [0.29, 0.717) is 17.1 Å². The SMILES string of the molecule is Cc1nc2ccc(F)cc2c(=O)n1N=Cc1ccco1. The van der Waals surface area contributed by atoms with Crippen LogP contribution in [0, 0.1) is 12.7 Å². The van der Waals surface area contributed by atoms with Crippen molar-refractivity contribution in [2.75, 3.05) is 0 Å². The van der Waals surface area contributed by atoms with Crippen molar-refractivity contribution in [3.8, 4) is 0 Å². The number of aromatic nitrogens is 2. The minimum absolute atomic E-state index is 0.187. The molecule has 0 unspecified atom stereocenters. The largest absolute Gasteiger partial charge is 0.463 e. The van der Waals surface area contributed by atoms with Gasteiger partial charge in [0.2, 0.25) is 0 Å². The summed E-state index contributed by atoms with van der Waals surface area (Å²) in [7, 11) is 0. The second kappa shape index (κ2) is 4.73. The molecule has 0 fully saturated rings. The van der Waals surface area contributed by atoms with Gasteiger partial charge < -0.3 is 4.42 Å². The van der Waals surface area contributed by atoms with E-state index in [1.807, 2.05) is 0 Å². The molecule has 20 heavy (non-hydrogen) atoms. The van der Waals surface area contributed by atoms with Crippen molar-refractivity contribution in [1.29, 1.82) is 0 Å². The summed E-state index contributed by atoms with van der Waals surface area (Å²) in [6, 6.07) is 7.32. The molecule has 0 saturated carbocycles. The zero-order valence-corrected chi connectivity index (χ0v) is 10.6. The number of nitrogens with zero attached hydrogens (tertiary/aromatic N) is 3. The third-order valence-corrected chi connectivity index (χ3v) is 2.81. The van der Waals surface area contributed by atoms with Gasteiger partial charge in [-0.1, -0.05) is 0 Å². The average molecular weight is 271 g/mol. The van der Waals surface area contributed by atoms with Gasteiger partial charge in [-0.3, -0.25) is 4.79 Å². The van der Waals surface area contributed by atoms with E-state index in [1.165, 1.54) is 24.6 Å². The summed E-state index contributed by atoms with van der Waals surface area (Å²) >= 11 is 0. The Morgan fingerprint density at radius 3 is 3.00 bits per heavy atom. The van der Waals surface area contributed by atoms with Crippen LogP contribution < -0.4 is 5.56 Å². The predicted molar refractivity (Wildman–Crippen MR) is 72.4 cm³/mol. The van der Waals surface area contributed by atoms with Gasteiger partial charge in [-0.15, -0.1) is 0 Å². The Morgan fingerprint density at radius 2 is 2.25 bits per heavy atom. The third-order valence-electron chi connectivity index (χ3n) is 2.81. The topological polar surface area (TPSA) is 60.4 Å². The van der Waals surface area contributed by atoms with Crippen molar-refractivity contribution in [3.63, 3.8) is 0 Å². The molecule has 0 aliphatic heterocycles. The van der Waals surface area contributed by atoms with Crippen LogP contribution in [0.1, 0.15) is 11.6 Å². The van der Waals surface area contributed by atoms with Crippen LogP contribution >= 0.6 is 0 Å². The molecule has 5 nitrogen and oxygen atoms in total. The van der Waals surface area contributed by atoms with E-state index >= 15 is 0 Å². The highest BCUT2D eigenvalue weighted by molar-refractivity contribution is 5.78. The number of hydrogen-bond donors (Lipinski definition) is 0. The number of benzene rings is 1. The van der Waals surface area contributed by atoms with Crippen LogP contribution in [0.25, 0.3) is 10.9 Å². The van der Waals surface area contributed by atoms with Crippen LogP contribution in [0.2, 0.25) is 0 Å². The monoisotopic (exact) mass is 271 g/mol. The predicted octanol–water partition coefficient (Wildman–Crippen LogP) is 2.32. The molecule has 3 rings (SSSR count). The summed E-state index contributed by atoms with van der Waals surface area (Å²) in [5.41, 5.74) is 0.0214. The molecule has 3 aromatic rings. The molecular weight excluding hydrogens is 261 g/mol.